The summed E-state index contributed by atoms with van der Waals surface area (Å²) in [4.78, 5) is 12.2. The van der Waals surface area contributed by atoms with Crippen LogP contribution in [0.15, 0.2) is 29.1 Å². The van der Waals surface area contributed by atoms with Gasteiger partial charge < -0.3 is 5.32 Å². The number of halogens is 1. The summed E-state index contributed by atoms with van der Waals surface area (Å²) in [5.74, 6) is 0.00439. The number of carbonyl (C=O) groups excluding carboxylic acids is 1. The highest BCUT2D eigenvalue weighted by molar-refractivity contribution is 9.10. The first-order valence-corrected chi connectivity index (χ1v) is 7.87. The molecule has 0 aliphatic carbocycles. The van der Waals surface area contributed by atoms with E-state index in [1.54, 1.807) is 10.9 Å². The molecule has 0 fully saturated rings. The Hall–Kier alpha value is -1.63. The van der Waals surface area contributed by atoms with Gasteiger partial charge in [0.05, 0.1) is 16.4 Å². The smallest absolute Gasteiger partial charge is 0.244 e. The monoisotopic (exact) mass is 353 g/mol. The zero-order valence-corrected chi connectivity index (χ0v) is 13.9. The van der Waals surface area contributed by atoms with Crippen molar-refractivity contribution in [2.45, 2.75) is 39.3 Å². The molecule has 0 saturated heterocycles. The molecule has 2 aromatic rings. The lowest BCUT2D eigenvalue weighted by Gasteiger charge is -2.15. The molecule has 1 amide bonds. The van der Waals surface area contributed by atoms with Crippen LogP contribution in [0.3, 0.4) is 0 Å². The number of nitrogens with one attached hydrogen (secondary N) is 1. The Balaban J connectivity index is 1.77. The van der Waals surface area contributed by atoms with E-state index in [4.69, 9.17) is 0 Å². The van der Waals surface area contributed by atoms with Gasteiger partial charge >= 0.3 is 0 Å². The fourth-order valence-corrected chi connectivity index (χ4v) is 2.44. The van der Waals surface area contributed by atoms with Crippen molar-refractivity contribution in [2.24, 2.45) is 0 Å². The summed E-state index contributed by atoms with van der Waals surface area (Å²) in [5, 5.41) is 11.5. The predicted octanol–water partition coefficient (Wildman–Crippen LogP) is 2.31. The van der Waals surface area contributed by atoms with Crippen LogP contribution in [0.25, 0.3) is 0 Å². The molecule has 1 N–H and O–H groups in total. The predicted molar refractivity (Wildman–Crippen MR) is 83.8 cm³/mol. The second-order valence-electron chi connectivity index (χ2n) is 4.93. The van der Waals surface area contributed by atoms with E-state index >= 15 is 0 Å². The summed E-state index contributed by atoms with van der Waals surface area (Å²) >= 11 is 3.35. The number of rotatable bonds is 7. The zero-order valence-electron chi connectivity index (χ0n) is 12.3. The second kappa shape index (κ2) is 7.40. The van der Waals surface area contributed by atoms with Gasteiger partial charge in [0.1, 0.15) is 6.04 Å². The summed E-state index contributed by atoms with van der Waals surface area (Å²) in [6, 6.07) is 1.71. The SMILES string of the molecule is CCC(C(=O)NCCCn1ccc(C)n1)n1cc(Br)cn1. The molecule has 6 nitrogen and oxygen atoms in total. The van der Waals surface area contributed by atoms with Gasteiger partial charge in [-0.1, -0.05) is 6.92 Å². The van der Waals surface area contributed by atoms with E-state index in [0.29, 0.717) is 13.0 Å². The molecule has 0 saturated carbocycles. The van der Waals surface area contributed by atoms with Crippen molar-refractivity contribution in [2.75, 3.05) is 6.54 Å². The Kier molecular flexibility index (Phi) is 5.55. The Morgan fingerprint density at radius 1 is 1.52 bits per heavy atom. The quantitative estimate of drug-likeness (QED) is 0.776. The summed E-state index contributed by atoms with van der Waals surface area (Å²) < 4.78 is 4.46. The van der Waals surface area contributed by atoms with E-state index in [1.807, 2.05) is 37.0 Å². The van der Waals surface area contributed by atoms with E-state index in [0.717, 1.165) is 23.1 Å². The third-order valence-corrected chi connectivity index (χ3v) is 3.63. The molecule has 0 aliphatic rings. The third kappa shape index (κ3) is 4.42. The van der Waals surface area contributed by atoms with E-state index in [1.165, 1.54) is 0 Å². The molecule has 2 rings (SSSR count). The maximum absolute atomic E-state index is 12.2. The van der Waals surface area contributed by atoms with Gasteiger partial charge in [-0.3, -0.25) is 14.2 Å². The molecule has 0 aromatic carbocycles. The Bertz CT molecular complexity index is 592. The van der Waals surface area contributed by atoms with Crippen molar-refractivity contribution in [1.29, 1.82) is 0 Å². The van der Waals surface area contributed by atoms with Gasteiger partial charge in [-0.2, -0.15) is 10.2 Å². The summed E-state index contributed by atoms with van der Waals surface area (Å²) in [6.45, 7) is 5.38. The molecule has 1 atom stereocenters. The van der Waals surface area contributed by atoms with Crippen LogP contribution < -0.4 is 5.32 Å². The topological polar surface area (TPSA) is 64.7 Å². The maximum atomic E-state index is 12.2. The second-order valence-corrected chi connectivity index (χ2v) is 5.84. The minimum absolute atomic E-state index is 0.00439. The Morgan fingerprint density at radius 2 is 2.33 bits per heavy atom. The van der Waals surface area contributed by atoms with Crippen LogP contribution in [-0.2, 0) is 11.3 Å². The van der Waals surface area contributed by atoms with Crippen LogP contribution in [0, 0.1) is 6.92 Å². The van der Waals surface area contributed by atoms with Gasteiger partial charge in [0.25, 0.3) is 0 Å². The first kappa shape index (κ1) is 15.8. The lowest BCUT2D eigenvalue weighted by Crippen LogP contribution is -2.33. The molecule has 0 bridgehead atoms. The lowest BCUT2D eigenvalue weighted by atomic mass is 10.2. The molecule has 1 unspecified atom stereocenters. The van der Waals surface area contributed by atoms with Crippen molar-refractivity contribution in [3.05, 3.63) is 34.8 Å². The summed E-state index contributed by atoms with van der Waals surface area (Å²) in [7, 11) is 0. The fourth-order valence-electron chi connectivity index (χ4n) is 2.14. The summed E-state index contributed by atoms with van der Waals surface area (Å²) in [5.41, 5.74) is 1.01. The molecular formula is C14H20BrN5O. The zero-order chi connectivity index (χ0) is 15.2. The molecule has 114 valence electrons. The molecule has 0 aliphatic heterocycles. The minimum atomic E-state index is -0.261. The number of hydrogen-bond donors (Lipinski definition) is 1. The highest BCUT2D eigenvalue weighted by atomic mass is 79.9. The van der Waals surface area contributed by atoms with Gasteiger partial charge in [0.2, 0.25) is 5.91 Å². The standard InChI is InChI=1S/C14H20BrN5O/c1-3-13(20-10-12(15)9-17-20)14(21)16-6-4-7-19-8-5-11(2)18-19/h5,8-10,13H,3-4,6-7H2,1-2H3,(H,16,21). The van der Waals surface area contributed by atoms with Gasteiger partial charge in [-0.25, -0.2) is 0 Å². The minimum Gasteiger partial charge on any atom is -0.354 e. The molecule has 2 aromatic heterocycles. The average molecular weight is 354 g/mol. The van der Waals surface area contributed by atoms with Crippen LogP contribution in [0.5, 0.6) is 0 Å². The molecule has 2 heterocycles. The number of aryl methyl sites for hydroxylation is 2. The van der Waals surface area contributed by atoms with Crippen molar-refractivity contribution < 1.29 is 4.79 Å². The highest BCUT2D eigenvalue weighted by Crippen LogP contribution is 2.14. The van der Waals surface area contributed by atoms with Crippen LogP contribution in [-0.4, -0.2) is 32.0 Å². The van der Waals surface area contributed by atoms with Crippen molar-refractivity contribution >= 4 is 21.8 Å². The molecular weight excluding hydrogens is 334 g/mol. The van der Waals surface area contributed by atoms with E-state index in [9.17, 15) is 4.79 Å². The third-order valence-electron chi connectivity index (χ3n) is 3.22. The van der Waals surface area contributed by atoms with Gasteiger partial charge in [-0.05, 0) is 41.8 Å². The molecule has 21 heavy (non-hydrogen) atoms. The largest absolute Gasteiger partial charge is 0.354 e. The number of nitrogens with zero attached hydrogens (tertiary/aromatic N) is 4. The Morgan fingerprint density at radius 3 is 2.90 bits per heavy atom. The average Bonchev–Trinajstić information content (AvgIpc) is 3.05. The van der Waals surface area contributed by atoms with Crippen LogP contribution in [0.2, 0.25) is 0 Å². The first-order valence-electron chi connectivity index (χ1n) is 7.07. The van der Waals surface area contributed by atoms with Crippen molar-refractivity contribution in [1.82, 2.24) is 24.9 Å². The van der Waals surface area contributed by atoms with Crippen molar-refractivity contribution in [3.8, 4) is 0 Å². The first-order chi connectivity index (χ1) is 10.1. The highest BCUT2D eigenvalue weighted by Gasteiger charge is 2.18. The van der Waals surface area contributed by atoms with Gasteiger partial charge in [0, 0.05) is 25.5 Å². The van der Waals surface area contributed by atoms with Gasteiger partial charge in [-0.15, -0.1) is 0 Å². The Labute approximate surface area is 132 Å². The number of amides is 1. The van der Waals surface area contributed by atoms with Crippen LogP contribution in [0.4, 0.5) is 0 Å². The van der Waals surface area contributed by atoms with E-state index in [-0.39, 0.29) is 11.9 Å². The van der Waals surface area contributed by atoms with Crippen molar-refractivity contribution in [3.63, 3.8) is 0 Å². The molecule has 0 spiro atoms. The summed E-state index contributed by atoms with van der Waals surface area (Å²) in [6.07, 6.45) is 7.02. The maximum Gasteiger partial charge on any atom is 0.244 e. The fraction of sp³-hybridized carbons (Fsp3) is 0.500. The number of hydrogen-bond acceptors (Lipinski definition) is 3. The van der Waals surface area contributed by atoms with Crippen LogP contribution in [0.1, 0.15) is 31.5 Å². The lowest BCUT2D eigenvalue weighted by molar-refractivity contribution is -0.124. The molecule has 0 radical (unpaired) electrons. The normalized spacial score (nSPS) is 12.3. The number of carbonyl (C=O) groups is 1. The molecule has 7 heteroatoms. The van der Waals surface area contributed by atoms with E-state index in [2.05, 4.69) is 31.4 Å². The van der Waals surface area contributed by atoms with Gasteiger partial charge in [0.15, 0.2) is 0 Å². The number of aromatic nitrogens is 4. The van der Waals surface area contributed by atoms with E-state index < -0.39 is 0 Å². The van der Waals surface area contributed by atoms with Crippen LogP contribution >= 0.6 is 15.9 Å².